The van der Waals surface area contributed by atoms with E-state index < -0.39 is 9.84 Å². The molecule has 0 amide bonds. The first-order chi connectivity index (χ1) is 7.28. The van der Waals surface area contributed by atoms with Crippen LogP contribution in [0, 0.1) is 6.92 Å². The molecule has 4 nitrogen and oxygen atoms in total. The summed E-state index contributed by atoms with van der Waals surface area (Å²) in [5, 5.41) is 3.06. The van der Waals surface area contributed by atoms with Gasteiger partial charge in [0.05, 0.1) is 5.75 Å². The second-order valence-corrected chi connectivity index (χ2v) is 7.00. The molecule has 0 aliphatic heterocycles. The fourth-order valence-electron chi connectivity index (χ4n) is 1.37. The summed E-state index contributed by atoms with van der Waals surface area (Å²) in [6.45, 7) is 3.78. The van der Waals surface area contributed by atoms with Crippen LogP contribution in [0.25, 0.3) is 0 Å². The summed E-state index contributed by atoms with van der Waals surface area (Å²) < 4.78 is 23.1. The van der Waals surface area contributed by atoms with E-state index in [1.165, 1.54) is 6.26 Å². The topological polar surface area (TPSA) is 59.1 Å². The molecule has 0 saturated heterocycles. The van der Waals surface area contributed by atoms with Crippen LogP contribution < -0.4 is 5.32 Å². The van der Waals surface area contributed by atoms with Gasteiger partial charge >= 0.3 is 0 Å². The van der Waals surface area contributed by atoms with E-state index in [4.69, 9.17) is 0 Å². The maximum atomic E-state index is 11.1. The average Bonchev–Trinajstić information content (AvgIpc) is 2.08. The van der Waals surface area contributed by atoms with Gasteiger partial charge in [-0.3, -0.25) is 0 Å². The molecule has 1 N–H and O–H groups in total. The Kier molecular flexibility index (Phi) is 4.32. The third-order valence-corrected chi connectivity index (χ3v) is 3.93. The molecule has 1 unspecified atom stereocenters. The highest BCUT2D eigenvalue weighted by molar-refractivity contribution is 9.10. The molecule has 0 bridgehead atoms. The second-order valence-electron chi connectivity index (χ2n) is 3.96. The van der Waals surface area contributed by atoms with Crippen molar-refractivity contribution >= 4 is 31.6 Å². The number of nitrogens with one attached hydrogen (secondary N) is 1. The van der Waals surface area contributed by atoms with E-state index in [1.807, 2.05) is 19.9 Å². The minimum atomic E-state index is -2.96. The van der Waals surface area contributed by atoms with Crippen molar-refractivity contribution in [1.29, 1.82) is 0 Å². The molecule has 0 fully saturated rings. The van der Waals surface area contributed by atoms with E-state index in [1.54, 1.807) is 6.20 Å². The van der Waals surface area contributed by atoms with Crippen molar-refractivity contribution < 1.29 is 8.42 Å². The first-order valence-electron chi connectivity index (χ1n) is 4.84. The number of aromatic nitrogens is 1. The van der Waals surface area contributed by atoms with Gasteiger partial charge in [0, 0.05) is 23.0 Å². The number of rotatable bonds is 4. The van der Waals surface area contributed by atoms with Crippen LogP contribution in [-0.4, -0.2) is 31.5 Å². The quantitative estimate of drug-likeness (QED) is 0.924. The molecule has 1 aromatic rings. The number of sulfone groups is 1. The number of aryl methyl sites for hydroxylation is 1. The Bertz CT molecular complexity index is 474. The third-order valence-electron chi connectivity index (χ3n) is 1.99. The molecule has 1 rings (SSSR count). The van der Waals surface area contributed by atoms with Crippen LogP contribution in [-0.2, 0) is 9.84 Å². The molecule has 1 atom stereocenters. The Balaban J connectivity index is 2.70. The van der Waals surface area contributed by atoms with Crippen molar-refractivity contribution in [2.24, 2.45) is 0 Å². The Hall–Kier alpha value is -0.620. The van der Waals surface area contributed by atoms with Crippen LogP contribution in [0.15, 0.2) is 16.7 Å². The van der Waals surface area contributed by atoms with Crippen molar-refractivity contribution in [1.82, 2.24) is 4.98 Å². The highest BCUT2D eigenvalue weighted by Gasteiger charge is 2.10. The molecule has 0 radical (unpaired) electrons. The third kappa shape index (κ3) is 4.49. The summed E-state index contributed by atoms with van der Waals surface area (Å²) in [7, 11) is -2.96. The lowest BCUT2D eigenvalue weighted by Crippen LogP contribution is -2.25. The predicted molar refractivity (Wildman–Crippen MR) is 69.5 cm³/mol. The number of halogens is 1. The number of hydrogen-bond donors (Lipinski definition) is 1. The first-order valence-corrected chi connectivity index (χ1v) is 7.69. The van der Waals surface area contributed by atoms with Crippen molar-refractivity contribution in [2.75, 3.05) is 17.3 Å². The molecular formula is C10H15BrN2O2S. The first kappa shape index (κ1) is 13.4. The number of nitrogens with zero attached hydrogens (tertiary/aromatic N) is 1. The highest BCUT2D eigenvalue weighted by Crippen LogP contribution is 2.17. The zero-order valence-electron chi connectivity index (χ0n) is 9.49. The number of anilines is 1. The molecule has 6 heteroatoms. The second kappa shape index (κ2) is 5.14. The molecule has 0 aliphatic carbocycles. The SMILES string of the molecule is Cc1cc(NC(C)CS(C)(=O)=O)ncc1Br. The summed E-state index contributed by atoms with van der Waals surface area (Å²) >= 11 is 3.36. The van der Waals surface area contributed by atoms with Gasteiger partial charge in [-0.1, -0.05) is 0 Å². The lowest BCUT2D eigenvalue weighted by molar-refractivity contribution is 0.598. The molecule has 0 saturated carbocycles. The predicted octanol–water partition coefficient (Wildman–Crippen LogP) is 2.00. The van der Waals surface area contributed by atoms with Gasteiger partial charge < -0.3 is 5.32 Å². The van der Waals surface area contributed by atoms with Gasteiger partial charge in [0.2, 0.25) is 0 Å². The highest BCUT2D eigenvalue weighted by atomic mass is 79.9. The largest absolute Gasteiger partial charge is 0.367 e. The fraction of sp³-hybridized carbons (Fsp3) is 0.500. The minimum Gasteiger partial charge on any atom is -0.367 e. The van der Waals surface area contributed by atoms with Crippen molar-refractivity contribution in [3.63, 3.8) is 0 Å². The van der Waals surface area contributed by atoms with Gasteiger partial charge in [-0.15, -0.1) is 0 Å². The van der Waals surface area contributed by atoms with E-state index in [-0.39, 0.29) is 11.8 Å². The van der Waals surface area contributed by atoms with Gasteiger partial charge in [-0.25, -0.2) is 13.4 Å². The minimum absolute atomic E-state index is 0.101. The smallest absolute Gasteiger partial charge is 0.149 e. The Morgan fingerprint density at radius 3 is 2.69 bits per heavy atom. The van der Waals surface area contributed by atoms with Crippen molar-refractivity contribution in [3.8, 4) is 0 Å². The van der Waals surface area contributed by atoms with Gasteiger partial charge in [0.1, 0.15) is 15.7 Å². The van der Waals surface area contributed by atoms with E-state index in [0.717, 1.165) is 10.0 Å². The van der Waals surface area contributed by atoms with Gasteiger partial charge in [0.15, 0.2) is 0 Å². The zero-order valence-corrected chi connectivity index (χ0v) is 11.9. The number of pyridine rings is 1. The molecular weight excluding hydrogens is 292 g/mol. The van der Waals surface area contributed by atoms with E-state index in [9.17, 15) is 8.42 Å². The summed E-state index contributed by atoms with van der Waals surface area (Å²) in [6.07, 6.45) is 2.93. The monoisotopic (exact) mass is 306 g/mol. The van der Waals surface area contributed by atoms with Crippen LogP contribution in [0.4, 0.5) is 5.82 Å². The Labute approximate surface area is 105 Å². The van der Waals surface area contributed by atoms with Crippen LogP contribution >= 0.6 is 15.9 Å². The number of hydrogen-bond acceptors (Lipinski definition) is 4. The Morgan fingerprint density at radius 1 is 1.56 bits per heavy atom. The normalized spacial score (nSPS) is 13.5. The van der Waals surface area contributed by atoms with Gasteiger partial charge in [0.25, 0.3) is 0 Å². The standard InChI is InChI=1S/C10H15BrN2O2S/c1-7-4-10(12-5-9(7)11)13-8(2)6-16(3,14)15/h4-5,8H,6H2,1-3H3,(H,12,13). The van der Waals surface area contributed by atoms with E-state index >= 15 is 0 Å². The lowest BCUT2D eigenvalue weighted by atomic mass is 10.3. The van der Waals surface area contributed by atoms with Crippen LogP contribution in [0.2, 0.25) is 0 Å². The average molecular weight is 307 g/mol. The lowest BCUT2D eigenvalue weighted by Gasteiger charge is -2.13. The van der Waals surface area contributed by atoms with Crippen LogP contribution in [0.1, 0.15) is 12.5 Å². The van der Waals surface area contributed by atoms with Gasteiger partial charge in [-0.05, 0) is 41.4 Å². The molecule has 16 heavy (non-hydrogen) atoms. The van der Waals surface area contributed by atoms with Crippen molar-refractivity contribution in [2.45, 2.75) is 19.9 Å². The molecule has 90 valence electrons. The summed E-state index contributed by atoms with van der Waals surface area (Å²) in [4.78, 5) is 4.16. The van der Waals surface area contributed by atoms with Crippen molar-refractivity contribution in [3.05, 3.63) is 22.3 Å². The van der Waals surface area contributed by atoms with Gasteiger partial charge in [-0.2, -0.15) is 0 Å². The Morgan fingerprint density at radius 2 is 2.19 bits per heavy atom. The molecule has 1 heterocycles. The molecule has 0 aliphatic rings. The maximum absolute atomic E-state index is 11.1. The maximum Gasteiger partial charge on any atom is 0.149 e. The fourth-order valence-corrected chi connectivity index (χ4v) is 2.57. The molecule has 0 aromatic carbocycles. The van der Waals surface area contributed by atoms with E-state index in [0.29, 0.717) is 5.82 Å². The summed E-state index contributed by atoms with van der Waals surface area (Å²) in [6, 6.07) is 1.73. The van der Waals surface area contributed by atoms with E-state index in [2.05, 4.69) is 26.2 Å². The van der Waals surface area contributed by atoms with Crippen LogP contribution in [0.5, 0.6) is 0 Å². The molecule has 0 spiro atoms. The van der Waals surface area contributed by atoms with Crippen LogP contribution in [0.3, 0.4) is 0 Å². The summed E-state index contributed by atoms with van der Waals surface area (Å²) in [5.74, 6) is 0.793. The molecule has 1 aromatic heterocycles. The summed E-state index contributed by atoms with van der Waals surface area (Å²) in [5.41, 5.74) is 1.06. The zero-order chi connectivity index (χ0) is 12.3.